The molecule has 4 nitrogen and oxygen atoms in total. The largest absolute Gasteiger partial charge is 0.346 e. The monoisotopic (exact) mass is 379 g/mol. The van der Waals surface area contributed by atoms with Crippen LogP contribution in [0.4, 0.5) is 4.39 Å². The number of fused-ring (bicyclic) bond motifs is 1. The molecule has 4 rings (SSSR count). The van der Waals surface area contributed by atoms with Gasteiger partial charge in [-0.2, -0.15) is 0 Å². The van der Waals surface area contributed by atoms with Gasteiger partial charge >= 0.3 is 0 Å². The Hall–Kier alpha value is -3.18. The number of pyridine rings is 1. The van der Waals surface area contributed by atoms with E-state index in [0.717, 1.165) is 11.1 Å². The number of amides is 1. The van der Waals surface area contributed by atoms with Crippen LogP contribution in [0.5, 0.6) is 0 Å². The van der Waals surface area contributed by atoms with E-state index in [4.69, 9.17) is 11.6 Å². The Kier molecular flexibility index (Phi) is 4.60. The molecule has 2 aromatic heterocycles. The molecular weight excluding hydrogens is 365 g/mol. The molecule has 4 aromatic rings. The molecule has 0 spiro atoms. The topological polar surface area (TPSA) is 46.4 Å². The van der Waals surface area contributed by atoms with Gasteiger partial charge in [0.15, 0.2) is 0 Å². The molecule has 0 fully saturated rings. The van der Waals surface area contributed by atoms with E-state index < -0.39 is 5.82 Å². The van der Waals surface area contributed by atoms with Crippen molar-refractivity contribution in [3.63, 3.8) is 0 Å². The molecule has 0 unspecified atom stereocenters. The molecule has 0 radical (unpaired) electrons. The molecule has 2 heterocycles. The minimum atomic E-state index is -0.453. The summed E-state index contributed by atoms with van der Waals surface area (Å²) in [6, 6.07) is 18.2. The molecule has 0 saturated carbocycles. The minimum absolute atomic E-state index is 0.00647. The number of hydrogen-bond acceptors (Lipinski definition) is 2. The number of rotatable bonds is 4. The van der Waals surface area contributed by atoms with Crippen LogP contribution in [0.25, 0.3) is 16.8 Å². The van der Waals surface area contributed by atoms with Gasteiger partial charge in [-0.1, -0.05) is 48.0 Å². The number of halogens is 2. The molecule has 0 bridgehead atoms. The first-order valence-corrected chi connectivity index (χ1v) is 8.75. The van der Waals surface area contributed by atoms with Crippen molar-refractivity contribution in [3.8, 4) is 11.1 Å². The second-order valence-electron chi connectivity index (χ2n) is 6.06. The molecule has 134 valence electrons. The summed E-state index contributed by atoms with van der Waals surface area (Å²) >= 11 is 5.99. The van der Waals surface area contributed by atoms with Crippen LogP contribution in [0.2, 0.25) is 5.02 Å². The Labute approximate surface area is 160 Å². The molecule has 0 aliphatic carbocycles. The first kappa shape index (κ1) is 17.2. The van der Waals surface area contributed by atoms with Crippen molar-refractivity contribution in [1.82, 2.24) is 14.7 Å². The fourth-order valence-electron chi connectivity index (χ4n) is 2.86. The van der Waals surface area contributed by atoms with E-state index >= 15 is 0 Å². The van der Waals surface area contributed by atoms with E-state index in [9.17, 15) is 9.18 Å². The van der Waals surface area contributed by atoms with E-state index in [1.165, 1.54) is 12.1 Å². The molecule has 0 aliphatic heterocycles. The molecule has 0 atom stereocenters. The first-order valence-electron chi connectivity index (χ1n) is 8.37. The van der Waals surface area contributed by atoms with Gasteiger partial charge < -0.3 is 9.72 Å². The lowest BCUT2D eigenvalue weighted by atomic mass is 10.1. The minimum Gasteiger partial charge on any atom is -0.346 e. The van der Waals surface area contributed by atoms with Gasteiger partial charge in [-0.3, -0.25) is 4.79 Å². The predicted octanol–water partition coefficient (Wildman–Crippen LogP) is 4.72. The van der Waals surface area contributed by atoms with Crippen molar-refractivity contribution in [3.05, 3.63) is 95.2 Å². The summed E-state index contributed by atoms with van der Waals surface area (Å²) in [6.07, 6.45) is 3.57. The molecule has 0 saturated heterocycles. The van der Waals surface area contributed by atoms with Gasteiger partial charge in [0.2, 0.25) is 0 Å². The number of hydrogen-bond donors (Lipinski definition) is 1. The third-order valence-electron chi connectivity index (χ3n) is 4.28. The molecule has 1 amide bonds. The number of imidazole rings is 1. The number of nitrogens with one attached hydrogen (secondary N) is 1. The lowest BCUT2D eigenvalue weighted by Gasteiger charge is -2.06. The molecule has 6 heteroatoms. The lowest BCUT2D eigenvalue weighted by Crippen LogP contribution is -2.23. The number of benzene rings is 2. The zero-order valence-corrected chi connectivity index (χ0v) is 14.9. The lowest BCUT2D eigenvalue weighted by molar-refractivity contribution is 0.0946. The Morgan fingerprint density at radius 2 is 1.81 bits per heavy atom. The van der Waals surface area contributed by atoms with Crippen molar-refractivity contribution in [2.75, 3.05) is 0 Å². The third kappa shape index (κ3) is 3.55. The molecule has 27 heavy (non-hydrogen) atoms. The smallest absolute Gasteiger partial charge is 0.271 e. The van der Waals surface area contributed by atoms with Crippen molar-refractivity contribution < 1.29 is 9.18 Å². The number of nitrogens with zero attached hydrogens (tertiary/aromatic N) is 2. The normalized spacial score (nSPS) is 10.9. The maximum atomic E-state index is 13.8. The molecule has 0 aliphatic rings. The summed E-state index contributed by atoms with van der Waals surface area (Å²) < 4.78 is 15.6. The van der Waals surface area contributed by atoms with Crippen LogP contribution in [-0.2, 0) is 6.54 Å². The average molecular weight is 380 g/mol. The fourth-order valence-corrected chi connectivity index (χ4v) is 3.09. The third-order valence-corrected chi connectivity index (χ3v) is 4.63. The second-order valence-corrected chi connectivity index (χ2v) is 6.47. The van der Waals surface area contributed by atoms with Gasteiger partial charge in [-0.05, 0) is 35.4 Å². The van der Waals surface area contributed by atoms with Crippen LogP contribution in [0, 0.1) is 5.82 Å². The summed E-state index contributed by atoms with van der Waals surface area (Å²) in [5.41, 5.74) is 3.26. The molecular formula is C21H15ClFN3O. The highest BCUT2D eigenvalue weighted by Gasteiger charge is 2.13. The zero-order valence-electron chi connectivity index (χ0n) is 14.2. The van der Waals surface area contributed by atoms with Gasteiger partial charge in [0.1, 0.15) is 17.2 Å². The van der Waals surface area contributed by atoms with Gasteiger partial charge in [0, 0.05) is 29.5 Å². The summed E-state index contributed by atoms with van der Waals surface area (Å²) in [4.78, 5) is 16.7. The average Bonchev–Trinajstić information content (AvgIpc) is 3.11. The highest BCUT2D eigenvalue weighted by Crippen LogP contribution is 2.21. The Balaban J connectivity index is 1.56. The van der Waals surface area contributed by atoms with Crippen molar-refractivity contribution in [1.29, 1.82) is 0 Å². The maximum absolute atomic E-state index is 13.8. The van der Waals surface area contributed by atoms with Crippen molar-refractivity contribution in [2.45, 2.75) is 6.54 Å². The Bertz CT molecular complexity index is 1100. The second kappa shape index (κ2) is 7.21. The van der Waals surface area contributed by atoms with Gasteiger partial charge in [0.05, 0.1) is 0 Å². The molecule has 2 aromatic carbocycles. The van der Waals surface area contributed by atoms with Gasteiger partial charge in [-0.15, -0.1) is 0 Å². The summed E-state index contributed by atoms with van der Waals surface area (Å²) in [5, 5.41) is 2.94. The quantitative estimate of drug-likeness (QED) is 0.557. The highest BCUT2D eigenvalue weighted by molar-refractivity contribution is 6.31. The van der Waals surface area contributed by atoms with E-state index in [1.54, 1.807) is 16.7 Å². The molecule has 1 N–H and O–H groups in total. The Morgan fingerprint density at radius 3 is 2.59 bits per heavy atom. The van der Waals surface area contributed by atoms with Crippen LogP contribution in [0.15, 0.2) is 73.1 Å². The van der Waals surface area contributed by atoms with E-state index in [0.29, 0.717) is 5.65 Å². The summed E-state index contributed by atoms with van der Waals surface area (Å²) in [5.74, 6) is -0.843. The van der Waals surface area contributed by atoms with E-state index in [-0.39, 0.29) is 28.7 Å². The van der Waals surface area contributed by atoms with E-state index in [1.807, 2.05) is 48.7 Å². The predicted molar refractivity (Wildman–Crippen MR) is 103 cm³/mol. The first-order chi connectivity index (χ1) is 13.1. The van der Waals surface area contributed by atoms with Gasteiger partial charge in [-0.25, -0.2) is 9.37 Å². The zero-order chi connectivity index (χ0) is 18.8. The van der Waals surface area contributed by atoms with Crippen LogP contribution in [0.1, 0.15) is 16.1 Å². The summed E-state index contributed by atoms with van der Waals surface area (Å²) in [7, 11) is 0. The fraction of sp³-hybridized carbons (Fsp3) is 0.0476. The standard InChI is InChI=1S/C21H15ClFN3O/c22-17-7-4-8-18(23)16(17)11-24-21(27)19-13-26-12-15(9-10-20(26)25-19)14-5-2-1-3-6-14/h1-10,12-13H,11H2,(H,24,27). The van der Waals surface area contributed by atoms with Crippen LogP contribution >= 0.6 is 11.6 Å². The number of aromatic nitrogens is 2. The van der Waals surface area contributed by atoms with Crippen molar-refractivity contribution in [2.24, 2.45) is 0 Å². The summed E-state index contributed by atoms with van der Waals surface area (Å²) in [6.45, 7) is -0.00647. The van der Waals surface area contributed by atoms with Crippen LogP contribution in [-0.4, -0.2) is 15.3 Å². The van der Waals surface area contributed by atoms with E-state index in [2.05, 4.69) is 10.3 Å². The maximum Gasteiger partial charge on any atom is 0.271 e. The van der Waals surface area contributed by atoms with Gasteiger partial charge in [0.25, 0.3) is 5.91 Å². The SMILES string of the molecule is O=C(NCc1c(F)cccc1Cl)c1cn2cc(-c3ccccc3)ccc2n1. The number of carbonyl (C=O) groups is 1. The number of carbonyl (C=O) groups excluding carboxylic acids is 1. The van der Waals surface area contributed by atoms with Crippen LogP contribution < -0.4 is 5.32 Å². The van der Waals surface area contributed by atoms with Crippen LogP contribution in [0.3, 0.4) is 0 Å². The van der Waals surface area contributed by atoms with Crippen molar-refractivity contribution >= 4 is 23.2 Å². The Morgan fingerprint density at radius 1 is 1.00 bits per heavy atom. The highest BCUT2D eigenvalue weighted by atomic mass is 35.5.